The third-order valence-corrected chi connectivity index (χ3v) is 1.48. The van der Waals surface area contributed by atoms with E-state index in [1.54, 1.807) is 0 Å². The minimum atomic E-state index is 0.856. The lowest BCUT2D eigenvalue weighted by atomic mass is 10.3. The van der Waals surface area contributed by atoms with E-state index in [2.05, 4.69) is 23.3 Å². The molecule has 10 heavy (non-hydrogen) atoms. The number of nitrogens with one attached hydrogen (secondary N) is 1. The molecule has 1 aliphatic rings. The molecular formula is C8H14N2. The van der Waals surface area contributed by atoms with Gasteiger partial charge in [0, 0.05) is 6.54 Å². The largest absolute Gasteiger partial charge is 0.370 e. The van der Waals surface area contributed by atoms with Crippen molar-refractivity contribution in [1.29, 1.82) is 0 Å². The van der Waals surface area contributed by atoms with Crippen molar-refractivity contribution in [2.75, 3.05) is 13.1 Å². The van der Waals surface area contributed by atoms with Gasteiger partial charge in [0.2, 0.25) is 0 Å². The van der Waals surface area contributed by atoms with Gasteiger partial charge in [-0.1, -0.05) is 19.4 Å². The number of nitrogens with zero attached hydrogens (tertiary/aromatic N) is 1. The molecule has 1 heterocycles. The van der Waals surface area contributed by atoms with Crippen LogP contribution in [0.2, 0.25) is 0 Å². The van der Waals surface area contributed by atoms with E-state index in [1.807, 2.05) is 6.08 Å². The normalized spacial score (nSPS) is 15.5. The summed E-state index contributed by atoms with van der Waals surface area (Å²) in [4.78, 5) is 4.20. The van der Waals surface area contributed by atoms with Gasteiger partial charge in [0.15, 0.2) is 0 Å². The first-order chi connectivity index (χ1) is 4.93. The highest BCUT2D eigenvalue weighted by molar-refractivity contribution is 5.94. The van der Waals surface area contributed by atoms with Gasteiger partial charge in [-0.3, -0.25) is 4.99 Å². The van der Waals surface area contributed by atoms with Gasteiger partial charge in [0.1, 0.15) is 5.84 Å². The van der Waals surface area contributed by atoms with Crippen molar-refractivity contribution in [3.63, 3.8) is 0 Å². The van der Waals surface area contributed by atoms with Crippen molar-refractivity contribution in [3.05, 3.63) is 12.2 Å². The summed E-state index contributed by atoms with van der Waals surface area (Å²) in [6, 6.07) is 0. The Hall–Kier alpha value is -0.790. The summed E-state index contributed by atoms with van der Waals surface area (Å²) in [5.74, 6) is 1.05. The molecule has 1 rings (SSSR count). The quantitative estimate of drug-likeness (QED) is 0.585. The van der Waals surface area contributed by atoms with Crippen molar-refractivity contribution in [2.45, 2.75) is 19.8 Å². The Morgan fingerprint density at radius 2 is 2.60 bits per heavy atom. The fraction of sp³-hybridized carbons (Fsp3) is 0.625. The van der Waals surface area contributed by atoms with E-state index in [1.165, 1.54) is 12.8 Å². The number of aliphatic imine (C=N–C) groups is 1. The molecule has 0 fully saturated rings. The highest BCUT2D eigenvalue weighted by atomic mass is 15.0. The second kappa shape index (κ2) is 4.09. The first-order valence-electron chi connectivity index (χ1n) is 3.88. The summed E-state index contributed by atoms with van der Waals surface area (Å²) in [6.07, 6.45) is 6.57. The fourth-order valence-electron chi connectivity index (χ4n) is 0.876. The molecule has 0 atom stereocenters. The van der Waals surface area contributed by atoms with Crippen molar-refractivity contribution in [3.8, 4) is 0 Å². The number of rotatable bonds is 3. The van der Waals surface area contributed by atoms with Crippen LogP contribution in [0, 0.1) is 0 Å². The summed E-state index contributed by atoms with van der Waals surface area (Å²) < 4.78 is 0. The maximum atomic E-state index is 4.20. The molecule has 1 N–H and O–H groups in total. The van der Waals surface area contributed by atoms with Gasteiger partial charge >= 0.3 is 0 Å². The van der Waals surface area contributed by atoms with E-state index in [4.69, 9.17) is 0 Å². The maximum Gasteiger partial charge on any atom is 0.120 e. The van der Waals surface area contributed by atoms with Gasteiger partial charge in [-0.25, -0.2) is 0 Å². The van der Waals surface area contributed by atoms with Gasteiger partial charge in [-0.15, -0.1) is 0 Å². The summed E-state index contributed by atoms with van der Waals surface area (Å²) in [7, 11) is 0. The Bertz CT molecular complexity index is 147. The Morgan fingerprint density at radius 3 is 3.20 bits per heavy atom. The molecule has 0 saturated carbocycles. The zero-order valence-corrected chi connectivity index (χ0v) is 6.43. The summed E-state index contributed by atoms with van der Waals surface area (Å²) in [6.45, 7) is 4.10. The molecule has 0 aliphatic carbocycles. The first-order valence-corrected chi connectivity index (χ1v) is 3.88. The van der Waals surface area contributed by atoms with Crippen molar-refractivity contribution < 1.29 is 0 Å². The van der Waals surface area contributed by atoms with Crippen LogP contribution in [0.4, 0.5) is 0 Å². The van der Waals surface area contributed by atoms with Gasteiger partial charge in [-0.2, -0.15) is 0 Å². The van der Waals surface area contributed by atoms with Crippen LogP contribution in [0.5, 0.6) is 0 Å². The second-order valence-electron chi connectivity index (χ2n) is 2.41. The van der Waals surface area contributed by atoms with Crippen molar-refractivity contribution in [1.82, 2.24) is 5.32 Å². The number of hydrogen-bond acceptors (Lipinski definition) is 2. The molecule has 2 nitrogen and oxygen atoms in total. The topological polar surface area (TPSA) is 24.4 Å². The molecule has 0 saturated heterocycles. The molecule has 0 aromatic carbocycles. The zero-order valence-electron chi connectivity index (χ0n) is 6.43. The summed E-state index contributed by atoms with van der Waals surface area (Å²) in [5.41, 5.74) is 0. The molecule has 0 bridgehead atoms. The second-order valence-corrected chi connectivity index (χ2v) is 2.41. The lowest BCUT2D eigenvalue weighted by Gasteiger charge is -2.00. The lowest BCUT2D eigenvalue weighted by molar-refractivity contribution is 0.755. The Kier molecular flexibility index (Phi) is 3.00. The van der Waals surface area contributed by atoms with Crippen LogP contribution in [-0.4, -0.2) is 18.9 Å². The third kappa shape index (κ3) is 2.21. The molecule has 0 unspecified atom stereocenters. The third-order valence-electron chi connectivity index (χ3n) is 1.48. The van der Waals surface area contributed by atoms with Crippen molar-refractivity contribution >= 4 is 5.84 Å². The molecular weight excluding hydrogens is 124 g/mol. The van der Waals surface area contributed by atoms with Gasteiger partial charge in [0.25, 0.3) is 0 Å². The average molecular weight is 138 g/mol. The van der Waals surface area contributed by atoms with E-state index in [0.29, 0.717) is 0 Å². The predicted octanol–water partition coefficient (Wildman–Crippen LogP) is 1.34. The van der Waals surface area contributed by atoms with Crippen LogP contribution in [0.15, 0.2) is 17.1 Å². The molecule has 0 radical (unpaired) electrons. The Labute approximate surface area is 62.0 Å². The van der Waals surface area contributed by atoms with Crippen molar-refractivity contribution in [2.24, 2.45) is 4.99 Å². The minimum Gasteiger partial charge on any atom is -0.370 e. The molecule has 2 heteroatoms. The smallest absolute Gasteiger partial charge is 0.120 e. The summed E-state index contributed by atoms with van der Waals surface area (Å²) in [5, 5.41) is 3.25. The van der Waals surface area contributed by atoms with E-state index in [9.17, 15) is 0 Å². The number of hydrogen-bond donors (Lipinski definition) is 1. The number of unbranched alkanes of at least 4 members (excludes halogenated alkanes) is 1. The molecule has 0 amide bonds. The van der Waals surface area contributed by atoms with Crippen LogP contribution in [0.3, 0.4) is 0 Å². The van der Waals surface area contributed by atoms with Crippen LogP contribution in [-0.2, 0) is 0 Å². The molecule has 56 valence electrons. The molecule has 1 aliphatic heterocycles. The van der Waals surface area contributed by atoms with E-state index in [-0.39, 0.29) is 0 Å². The van der Waals surface area contributed by atoms with E-state index < -0.39 is 0 Å². The molecule has 0 aromatic rings. The van der Waals surface area contributed by atoms with Crippen LogP contribution in [0.1, 0.15) is 19.8 Å². The minimum absolute atomic E-state index is 0.856. The molecule has 0 spiro atoms. The fourth-order valence-corrected chi connectivity index (χ4v) is 0.876. The summed E-state index contributed by atoms with van der Waals surface area (Å²) >= 11 is 0. The SMILES string of the molecule is CCCCNC1=NCC=C1. The van der Waals surface area contributed by atoms with E-state index in [0.717, 1.165) is 18.9 Å². The van der Waals surface area contributed by atoms with E-state index >= 15 is 0 Å². The van der Waals surface area contributed by atoms with Gasteiger partial charge in [-0.05, 0) is 12.5 Å². The van der Waals surface area contributed by atoms with Crippen LogP contribution >= 0.6 is 0 Å². The molecule has 0 aromatic heterocycles. The Morgan fingerprint density at radius 1 is 1.70 bits per heavy atom. The predicted molar refractivity (Wildman–Crippen MR) is 44.4 cm³/mol. The zero-order chi connectivity index (χ0) is 7.23. The maximum absolute atomic E-state index is 4.20. The first kappa shape index (κ1) is 7.32. The average Bonchev–Trinajstić information content (AvgIpc) is 2.41. The Balaban J connectivity index is 2.08. The van der Waals surface area contributed by atoms with Crippen LogP contribution < -0.4 is 5.32 Å². The highest BCUT2D eigenvalue weighted by Crippen LogP contribution is 1.90. The van der Waals surface area contributed by atoms with Gasteiger partial charge in [0.05, 0.1) is 6.54 Å². The standard InChI is InChI=1S/C8H14N2/c1-2-3-6-9-8-5-4-7-10-8/h4-5H,2-3,6-7H2,1H3,(H,9,10). The highest BCUT2D eigenvalue weighted by Gasteiger charge is 1.95. The number of amidine groups is 1. The van der Waals surface area contributed by atoms with Crippen LogP contribution in [0.25, 0.3) is 0 Å². The lowest BCUT2D eigenvalue weighted by Crippen LogP contribution is -2.21. The van der Waals surface area contributed by atoms with Gasteiger partial charge < -0.3 is 5.32 Å². The monoisotopic (exact) mass is 138 g/mol.